The van der Waals surface area contributed by atoms with Crippen LogP contribution in [-0.2, 0) is 14.4 Å². The third-order valence-corrected chi connectivity index (χ3v) is 7.09. The zero-order valence-corrected chi connectivity index (χ0v) is 19.4. The molecule has 3 saturated heterocycles. The highest BCUT2D eigenvalue weighted by atomic mass is 35.5. The van der Waals surface area contributed by atoms with E-state index < -0.39 is 0 Å². The Bertz CT molecular complexity index is 1120. The highest BCUT2D eigenvalue weighted by Crippen LogP contribution is 2.30. The largest absolute Gasteiger partial charge is 0.342 e. The molecule has 0 aliphatic carbocycles. The van der Waals surface area contributed by atoms with Gasteiger partial charge in [0.15, 0.2) is 0 Å². The number of piperidine rings is 1. The lowest BCUT2D eigenvalue weighted by Gasteiger charge is -2.37. The molecule has 8 nitrogen and oxygen atoms in total. The number of hydrogen-bond donors (Lipinski definition) is 0. The number of benzene rings is 2. The van der Waals surface area contributed by atoms with Gasteiger partial charge >= 0.3 is 6.03 Å². The summed E-state index contributed by atoms with van der Waals surface area (Å²) < 4.78 is 0. The van der Waals surface area contributed by atoms with Gasteiger partial charge in [0, 0.05) is 42.8 Å². The number of carbonyl (C=O) groups excluding carboxylic acids is 4. The van der Waals surface area contributed by atoms with E-state index in [1.165, 1.54) is 4.90 Å². The van der Waals surface area contributed by atoms with Gasteiger partial charge in [0.2, 0.25) is 11.8 Å². The van der Waals surface area contributed by atoms with Crippen molar-refractivity contribution in [2.45, 2.75) is 25.3 Å². The molecule has 0 saturated carbocycles. The third-order valence-electron chi connectivity index (χ3n) is 6.84. The molecule has 3 aliphatic heterocycles. The Labute approximate surface area is 202 Å². The number of hydrogen-bond acceptors (Lipinski definition) is 4. The summed E-state index contributed by atoms with van der Waals surface area (Å²) in [5.74, 6) is -0.722. The highest BCUT2D eigenvalue weighted by Gasteiger charge is 2.43. The molecule has 1 unspecified atom stereocenters. The first-order valence-electron chi connectivity index (χ1n) is 11.5. The van der Waals surface area contributed by atoms with Crippen LogP contribution in [0.4, 0.5) is 16.2 Å². The smallest absolute Gasteiger partial charge is 0.332 e. The molecule has 5 rings (SSSR count). The van der Waals surface area contributed by atoms with Crippen LogP contribution >= 0.6 is 11.6 Å². The van der Waals surface area contributed by atoms with E-state index in [1.54, 1.807) is 63.2 Å². The zero-order valence-electron chi connectivity index (χ0n) is 18.6. The van der Waals surface area contributed by atoms with Crippen LogP contribution in [0.2, 0.25) is 5.02 Å². The Morgan fingerprint density at radius 1 is 0.853 bits per heavy atom. The average molecular weight is 481 g/mol. The van der Waals surface area contributed by atoms with Gasteiger partial charge in [-0.25, -0.2) is 9.69 Å². The predicted octanol–water partition coefficient (Wildman–Crippen LogP) is 3.15. The standard InChI is InChI=1S/C25H25ClN4O4/c26-18-6-8-19(9-7-18)28-15-17(14-22(28)31)24(33)27-12-10-20(11-13-27)29-16-23(32)30(25(29)34)21-4-2-1-3-5-21/h1-9,17,20H,10-16H2. The minimum atomic E-state index is -0.386. The second kappa shape index (κ2) is 9.10. The molecule has 0 N–H and O–H groups in total. The molecule has 34 heavy (non-hydrogen) atoms. The highest BCUT2D eigenvalue weighted by molar-refractivity contribution is 6.30. The number of halogens is 1. The van der Waals surface area contributed by atoms with E-state index in [0.717, 1.165) is 5.69 Å². The fraction of sp³-hybridized carbons (Fsp3) is 0.360. The van der Waals surface area contributed by atoms with Gasteiger partial charge in [-0.05, 0) is 49.2 Å². The van der Waals surface area contributed by atoms with Crippen LogP contribution in [0, 0.1) is 5.92 Å². The number of urea groups is 1. The van der Waals surface area contributed by atoms with Crippen molar-refractivity contribution in [3.8, 4) is 0 Å². The van der Waals surface area contributed by atoms with E-state index in [4.69, 9.17) is 11.6 Å². The second-order valence-corrected chi connectivity index (χ2v) is 9.35. The van der Waals surface area contributed by atoms with Gasteiger partial charge in [0.1, 0.15) is 6.54 Å². The summed E-state index contributed by atoms with van der Waals surface area (Å²) in [5.41, 5.74) is 1.31. The summed E-state index contributed by atoms with van der Waals surface area (Å²) in [7, 11) is 0. The maximum atomic E-state index is 13.1. The normalized spacial score (nSPS) is 21.7. The van der Waals surface area contributed by atoms with Gasteiger partial charge in [0.25, 0.3) is 5.91 Å². The van der Waals surface area contributed by atoms with Gasteiger partial charge in [-0.2, -0.15) is 0 Å². The van der Waals surface area contributed by atoms with Crippen molar-refractivity contribution in [3.05, 3.63) is 59.6 Å². The topological polar surface area (TPSA) is 81.2 Å². The maximum absolute atomic E-state index is 13.1. The minimum Gasteiger partial charge on any atom is -0.342 e. The molecule has 2 aromatic carbocycles. The Morgan fingerprint density at radius 3 is 2.21 bits per heavy atom. The molecule has 3 fully saturated rings. The van der Waals surface area contributed by atoms with Crippen molar-refractivity contribution in [3.63, 3.8) is 0 Å². The number of anilines is 2. The van der Waals surface area contributed by atoms with E-state index in [-0.39, 0.29) is 48.7 Å². The van der Waals surface area contributed by atoms with E-state index in [0.29, 0.717) is 43.2 Å². The first kappa shape index (κ1) is 22.4. The Balaban J connectivity index is 1.18. The molecule has 2 aromatic rings. The molecule has 0 radical (unpaired) electrons. The molecule has 176 valence electrons. The van der Waals surface area contributed by atoms with Crippen molar-refractivity contribution in [1.29, 1.82) is 0 Å². The summed E-state index contributed by atoms with van der Waals surface area (Å²) in [5, 5.41) is 0.593. The van der Waals surface area contributed by atoms with Gasteiger partial charge in [-0.15, -0.1) is 0 Å². The monoisotopic (exact) mass is 480 g/mol. The summed E-state index contributed by atoms with van der Waals surface area (Å²) in [6, 6.07) is 15.6. The SMILES string of the molecule is O=C(C1CC(=O)N(c2ccc(Cl)cc2)C1)N1CCC(N2CC(=O)N(c3ccccc3)C2=O)CC1. The van der Waals surface area contributed by atoms with Crippen LogP contribution in [-0.4, -0.2) is 65.8 Å². The Kier molecular flexibility index (Phi) is 6.00. The van der Waals surface area contributed by atoms with E-state index in [2.05, 4.69) is 0 Å². The minimum absolute atomic E-state index is 0.0296. The lowest BCUT2D eigenvalue weighted by molar-refractivity contribution is -0.137. The van der Waals surface area contributed by atoms with Crippen molar-refractivity contribution >= 4 is 46.7 Å². The molecule has 5 amide bonds. The molecule has 1 atom stereocenters. The van der Waals surface area contributed by atoms with Gasteiger partial charge in [-0.1, -0.05) is 29.8 Å². The van der Waals surface area contributed by atoms with Crippen molar-refractivity contribution in [2.75, 3.05) is 36.0 Å². The number of carbonyl (C=O) groups is 4. The quantitative estimate of drug-likeness (QED) is 0.629. The average Bonchev–Trinajstić information content (AvgIpc) is 3.38. The number of amides is 5. The van der Waals surface area contributed by atoms with Crippen LogP contribution in [0.5, 0.6) is 0 Å². The molecule has 0 bridgehead atoms. The van der Waals surface area contributed by atoms with Crippen LogP contribution < -0.4 is 9.80 Å². The number of nitrogens with zero attached hydrogens (tertiary/aromatic N) is 4. The molecule has 0 aromatic heterocycles. The predicted molar refractivity (Wildman–Crippen MR) is 128 cm³/mol. The molecule has 3 heterocycles. The Morgan fingerprint density at radius 2 is 1.53 bits per heavy atom. The van der Waals surface area contributed by atoms with E-state index >= 15 is 0 Å². The van der Waals surface area contributed by atoms with E-state index in [9.17, 15) is 19.2 Å². The second-order valence-electron chi connectivity index (χ2n) is 8.91. The molecule has 0 spiro atoms. The number of imide groups is 1. The number of rotatable bonds is 4. The summed E-state index contributed by atoms with van der Waals surface area (Å²) in [4.78, 5) is 57.5. The zero-order chi connectivity index (χ0) is 23.8. The first-order valence-corrected chi connectivity index (χ1v) is 11.8. The van der Waals surface area contributed by atoms with Gasteiger partial charge in [0.05, 0.1) is 11.6 Å². The van der Waals surface area contributed by atoms with Crippen molar-refractivity contribution < 1.29 is 19.2 Å². The van der Waals surface area contributed by atoms with Crippen molar-refractivity contribution in [1.82, 2.24) is 9.80 Å². The lowest BCUT2D eigenvalue weighted by atomic mass is 10.0. The summed E-state index contributed by atoms with van der Waals surface area (Å²) in [6.07, 6.45) is 1.40. The first-order chi connectivity index (χ1) is 16.4. The fourth-order valence-electron chi connectivity index (χ4n) is 5.04. The Hall–Kier alpha value is -3.39. The number of para-hydroxylation sites is 1. The maximum Gasteiger partial charge on any atom is 0.332 e. The summed E-state index contributed by atoms with van der Waals surface area (Å²) >= 11 is 5.94. The van der Waals surface area contributed by atoms with Crippen LogP contribution in [0.15, 0.2) is 54.6 Å². The molecule has 9 heteroatoms. The van der Waals surface area contributed by atoms with Gasteiger partial charge in [-0.3, -0.25) is 14.4 Å². The van der Waals surface area contributed by atoms with Gasteiger partial charge < -0.3 is 14.7 Å². The molecular formula is C25H25ClN4O4. The fourth-order valence-corrected chi connectivity index (χ4v) is 5.16. The van der Waals surface area contributed by atoms with Crippen LogP contribution in [0.3, 0.4) is 0 Å². The molecular weight excluding hydrogens is 456 g/mol. The van der Waals surface area contributed by atoms with Crippen LogP contribution in [0.1, 0.15) is 19.3 Å². The summed E-state index contributed by atoms with van der Waals surface area (Å²) in [6.45, 7) is 1.40. The lowest BCUT2D eigenvalue weighted by Crippen LogP contribution is -2.49. The van der Waals surface area contributed by atoms with E-state index in [1.807, 2.05) is 6.07 Å². The third kappa shape index (κ3) is 4.14. The number of likely N-dealkylation sites (tertiary alicyclic amines) is 1. The van der Waals surface area contributed by atoms with Crippen molar-refractivity contribution in [2.24, 2.45) is 5.92 Å². The van der Waals surface area contributed by atoms with Crippen LogP contribution in [0.25, 0.3) is 0 Å². The molecule has 3 aliphatic rings.